The summed E-state index contributed by atoms with van der Waals surface area (Å²) in [7, 11) is -4.88. The standard InChI is InChI=1S/C22H20F3O2S2/c1-16(2)29(26,27)21-14-13-19(15-20(21)22(23,24)25)28(17-9-5-3-6-10-17)18-11-7-4-8-12-18/h3-16H,1-2H3/q+1. The minimum Gasteiger partial charge on any atom is -0.223 e. The van der Waals surface area contributed by atoms with Gasteiger partial charge in [-0.2, -0.15) is 13.2 Å². The quantitative estimate of drug-likeness (QED) is 0.460. The summed E-state index contributed by atoms with van der Waals surface area (Å²) >= 11 is 0. The van der Waals surface area contributed by atoms with E-state index in [4.69, 9.17) is 0 Å². The van der Waals surface area contributed by atoms with E-state index < -0.39 is 42.6 Å². The van der Waals surface area contributed by atoms with Crippen LogP contribution in [0.2, 0.25) is 0 Å². The van der Waals surface area contributed by atoms with Crippen LogP contribution in [0.1, 0.15) is 19.4 Å². The van der Waals surface area contributed by atoms with Crippen molar-refractivity contribution in [1.82, 2.24) is 0 Å². The fourth-order valence-electron chi connectivity index (χ4n) is 2.88. The molecule has 0 aromatic heterocycles. The molecule has 152 valence electrons. The van der Waals surface area contributed by atoms with E-state index in [2.05, 4.69) is 0 Å². The Morgan fingerprint density at radius 3 is 1.66 bits per heavy atom. The molecule has 0 fully saturated rings. The summed E-state index contributed by atoms with van der Waals surface area (Å²) in [6.07, 6.45) is -4.78. The monoisotopic (exact) mass is 437 g/mol. The van der Waals surface area contributed by atoms with Crippen molar-refractivity contribution in [2.75, 3.05) is 0 Å². The Balaban J connectivity index is 2.25. The van der Waals surface area contributed by atoms with Crippen LogP contribution >= 0.6 is 0 Å². The van der Waals surface area contributed by atoms with Crippen LogP contribution in [0.25, 0.3) is 0 Å². The highest BCUT2D eigenvalue weighted by Crippen LogP contribution is 2.39. The molecule has 3 rings (SSSR count). The molecule has 3 aromatic rings. The molecular formula is C22H20F3O2S2+. The fourth-order valence-corrected chi connectivity index (χ4v) is 6.24. The van der Waals surface area contributed by atoms with Crippen molar-refractivity contribution >= 4 is 20.7 Å². The average molecular weight is 438 g/mol. The maximum atomic E-state index is 13.8. The second-order valence-electron chi connectivity index (χ2n) is 6.68. The Labute approximate surface area is 171 Å². The van der Waals surface area contributed by atoms with Gasteiger partial charge in [0.05, 0.1) is 26.6 Å². The molecule has 0 saturated heterocycles. The molecule has 0 amide bonds. The van der Waals surface area contributed by atoms with E-state index in [-0.39, 0.29) is 0 Å². The molecule has 29 heavy (non-hydrogen) atoms. The first-order chi connectivity index (χ1) is 13.6. The van der Waals surface area contributed by atoms with Crippen molar-refractivity contribution in [2.45, 2.75) is 44.9 Å². The van der Waals surface area contributed by atoms with Crippen molar-refractivity contribution in [3.8, 4) is 0 Å². The minimum absolute atomic E-state index is 0.414. The van der Waals surface area contributed by atoms with E-state index in [0.717, 1.165) is 21.9 Å². The molecule has 0 saturated carbocycles. The number of alkyl halides is 3. The maximum Gasteiger partial charge on any atom is 0.417 e. The molecule has 0 spiro atoms. The van der Waals surface area contributed by atoms with Crippen molar-refractivity contribution in [3.63, 3.8) is 0 Å². The van der Waals surface area contributed by atoms with Gasteiger partial charge in [-0.1, -0.05) is 36.4 Å². The Bertz CT molecular complexity index is 1040. The van der Waals surface area contributed by atoms with E-state index in [9.17, 15) is 21.6 Å². The molecule has 3 aromatic carbocycles. The number of halogens is 3. The first-order valence-electron chi connectivity index (χ1n) is 8.92. The Morgan fingerprint density at radius 1 is 0.759 bits per heavy atom. The van der Waals surface area contributed by atoms with Gasteiger partial charge < -0.3 is 0 Å². The number of hydrogen-bond donors (Lipinski definition) is 0. The minimum atomic E-state index is -4.78. The SMILES string of the molecule is CC(C)S(=O)(=O)c1ccc([S+](c2ccccc2)c2ccccc2)cc1C(F)(F)F. The molecule has 0 aliphatic heterocycles. The van der Waals surface area contributed by atoms with Crippen molar-refractivity contribution in [2.24, 2.45) is 0 Å². The van der Waals surface area contributed by atoms with Gasteiger partial charge in [0.1, 0.15) is 0 Å². The van der Waals surface area contributed by atoms with Gasteiger partial charge in [0.2, 0.25) is 0 Å². The normalized spacial score (nSPS) is 12.5. The second kappa shape index (κ2) is 8.24. The lowest BCUT2D eigenvalue weighted by atomic mass is 10.2. The maximum absolute atomic E-state index is 13.8. The zero-order chi connectivity index (χ0) is 21.2. The van der Waals surface area contributed by atoms with E-state index in [1.54, 1.807) is 0 Å². The van der Waals surface area contributed by atoms with Crippen LogP contribution in [0, 0.1) is 0 Å². The highest BCUT2D eigenvalue weighted by Gasteiger charge is 2.40. The molecular weight excluding hydrogens is 417 g/mol. The van der Waals surface area contributed by atoms with Crippen LogP contribution in [0.4, 0.5) is 13.2 Å². The van der Waals surface area contributed by atoms with Crippen LogP contribution in [0.3, 0.4) is 0 Å². The van der Waals surface area contributed by atoms with Gasteiger partial charge in [-0.05, 0) is 50.2 Å². The lowest BCUT2D eigenvalue weighted by Gasteiger charge is -2.16. The molecule has 0 aliphatic rings. The van der Waals surface area contributed by atoms with Crippen molar-refractivity contribution in [1.29, 1.82) is 0 Å². The highest BCUT2D eigenvalue weighted by atomic mass is 32.2. The summed E-state index contributed by atoms with van der Waals surface area (Å²) in [6, 6.07) is 22.0. The summed E-state index contributed by atoms with van der Waals surface area (Å²) in [5, 5.41) is -0.948. The Kier molecular flexibility index (Phi) is 6.10. The molecule has 0 N–H and O–H groups in total. The van der Waals surface area contributed by atoms with Gasteiger partial charge in [-0.15, -0.1) is 0 Å². The molecule has 0 radical (unpaired) electrons. The number of benzene rings is 3. The number of rotatable bonds is 5. The Morgan fingerprint density at radius 2 is 1.24 bits per heavy atom. The molecule has 7 heteroatoms. The smallest absolute Gasteiger partial charge is 0.223 e. The lowest BCUT2D eigenvalue weighted by Crippen LogP contribution is -2.20. The third-order valence-corrected chi connectivity index (χ3v) is 8.80. The first-order valence-corrected chi connectivity index (χ1v) is 11.7. The molecule has 0 heterocycles. The second-order valence-corrected chi connectivity index (χ2v) is 11.2. The zero-order valence-electron chi connectivity index (χ0n) is 15.8. The van der Waals surface area contributed by atoms with E-state index in [0.29, 0.717) is 4.90 Å². The summed E-state index contributed by atoms with van der Waals surface area (Å²) in [5.74, 6) is 0. The zero-order valence-corrected chi connectivity index (χ0v) is 17.5. The average Bonchev–Trinajstić information content (AvgIpc) is 2.69. The van der Waals surface area contributed by atoms with E-state index in [1.807, 2.05) is 60.7 Å². The first kappa shape index (κ1) is 21.5. The third kappa shape index (κ3) is 4.51. The van der Waals surface area contributed by atoms with Gasteiger partial charge in [-0.3, -0.25) is 0 Å². The predicted octanol–water partition coefficient (Wildman–Crippen LogP) is 5.98. The van der Waals surface area contributed by atoms with Crippen LogP contribution in [-0.4, -0.2) is 13.7 Å². The lowest BCUT2D eigenvalue weighted by molar-refractivity contribution is -0.140. The van der Waals surface area contributed by atoms with Crippen LogP contribution in [0.5, 0.6) is 0 Å². The largest absolute Gasteiger partial charge is 0.417 e. The number of sulfone groups is 1. The van der Waals surface area contributed by atoms with Crippen LogP contribution in [-0.2, 0) is 26.9 Å². The van der Waals surface area contributed by atoms with Crippen molar-refractivity contribution in [3.05, 3.63) is 84.4 Å². The van der Waals surface area contributed by atoms with Crippen LogP contribution < -0.4 is 0 Å². The summed E-state index contributed by atoms with van der Waals surface area (Å²) in [4.78, 5) is 1.45. The summed E-state index contributed by atoms with van der Waals surface area (Å²) < 4.78 is 66.5. The molecule has 0 aliphatic carbocycles. The third-order valence-electron chi connectivity index (χ3n) is 4.38. The van der Waals surface area contributed by atoms with Crippen LogP contribution in [0.15, 0.2) is 98.4 Å². The van der Waals surface area contributed by atoms with Gasteiger partial charge in [0.25, 0.3) is 0 Å². The van der Waals surface area contributed by atoms with Crippen molar-refractivity contribution < 1.29 is 21.6 Å². The topological polar surface area (TPSA) is 34.1 Å². The molecule has 0 bridgehead atoms. The number of hydrogen-bond acceptors (Lipinski definition) is 2. The molecule has 0 unspecified atom stereocenters. The van der Waals surface area contributed by atoms with E-state index in [1.165, 1.54) is 19.9 Å². The van der Waals surface area contributed by atoms with Gasteiger partial charge in [-0.25, -0.2) is 8.42 Å². The van der Waals surface area contributed by atoms with Gasteiger partial charge in [0, 0.05) is 6.07 Å². The van der Waals surface area contributed by atoms with E-state index >= 15 is 0 Å². The fraction of sp³-hybridized carbons (Fsp3) is 0.182. The van der Waals surface area contributed by atoms with Gasteiger partial charge in [0.15, 0.2) is 24.5 Å². The highest BCUT2D eigenvalue weighted by molar-refractivity contribution is 7.97. The summed E-state index contributed by atoms with van der Waals surface area (Å²) in [6.45, 7) is 2.75. The predicted molar refractivity (Wildman–Crippen MR) is 109 cm³/mol. The molecule has 2 nitrogen and oxygen atoms in total. The Hall–Kier alpha value is -2.25. The van der Waals surface area contributed by atoms with Gasteiger partial charge >= 0.3 is 6.18 Å². The summed E-state index contributed by atoms with van der Waals surface area (Å²) in [5.41, 5.74) is -1.12. The molecule has 0 atom stereocenters.